The third-order valence-corrected chi connectivity index (χ3v) is 6.81. The molecule has 0 amide bonds. The maximum absolute atomic E-state index is 15.3. The second kappa shape index (κ2) is 6.28. The average Bonchev–Trinajstić information content (AvgIpc) is 3.36. The van der Waals surface area contributed by atoms with Gasteiger partial charge in [0.1, 0.15) is 15.9 Å². The van der Waals surface area contributed by atoms with E-state index in [1.807, 2.05) is 4.57 Å². The first-order valence-electron chi connectivity index (χ1n) is 9.49. The fraction of sp³-hybridized carbons (Fsp3) is 0.474. The van der Waals surface area contributed by atoms with Crippen molar-refractivity contribution in [2.24, 2.45) is 5.73 Å². The number of benzene rings is 1. The molecule has 1 aromatic carbocycles. The number of fused-ring (bicyclic) bond motifs is 2. The second-order valence-electron chi connectivity index (χ2n) is 7.97. The first kappa shape index (κ1) is 18.6. The molecule has 8 nitrogen and oxygen atoms in total. The Morgan fingerprint density at radius 3 is 2.83 bits per heavy atom. The second-order valence-corrected chi connectivity index (χ2v) is 8.77. The number of nitrogens with two attached hydrogens (primary N) is 1. The highest BCUT2D eigenvalue weighted by molar-refractivity contribution is 7.12. The SMILES string of the molecule is COc1c(N2CCC(N)(CO)C2)c(F)cc2c(=O)c3c(=O)[nH]sc3n(C3CC3)c12. The molecule has 3 heterocycles. The lowest BCUT2D eigenvalue weighted by Crippen LogP contribution is -2.46. The minimum atomic E-state index is -0.813. The van der Waals surface area contributed by atoms with Crippen LogP contribution in [0, 0.1) is 5.82 Å². The Morgan fingerprint density at radius 1 is 1.45 bits per heavy atom. The van der Waals surface area contributed by atoms with Gasteiger partial charge in [-0.15, -0.1) is 0 Å². The molecule has 1 unspecified atom stereocenters. The molecule has 0 bridgehead atoms. The van der Waals surface area contributed by atoms with Gasteiger partial charge in [0.2, 0.25) is 5.43 Å². The number of methoxy groups -OCH3 is 1. The van der Waals surface area contributed by atoms with Gasteiger partial charge in [-0.25, -0.2) is 4.39 Å². The van der Waals surface area contributed by atoms with Crippen LogP contribution in [0.3, 0.4) is 0 Å². The fourth-order valence-electron chi connectivity index (χ4n) is 4.30. The normalized spacial score (nSPS) is 22.1. The fourth-order valence-corrected chi connectivity index (χ4v) is 5.22. The molecule has 2 aromatic heterocycles. The van der Waals surface area contributed by atoms with Crippen LogP contribution in [-0.4, -0.2) is 46.4 Å². The van der Waals surface area contributed by atoms with Crippen LogP contribution in [0.2, 0.25) is 0 Å². The highest BCUT2D eigenvalue weighted by atomic mass is 32.1. The zero-order chi connectivity index (χ0) is 20.5. The number of aliphatic hydroxyl groups excluding tert-OH is 1. The monoisotopic (exact) mass is 420 g/mol. The smallest absolute Gasteiger partial charge is 0.271 e. The van der Waals surface area contributed by atoms with Gasteiger partial charge in [0.15, 0.2) is 11.6 Å². The predicted octanol–water partition coefficient (Wildman–Crippen LogP) is 1.29. The molecule has 0 radical (unpaired) electrons. The van der Waals surface area contributed by atoms with Crippen molar-refractivity contribution in [3.05, 3.63) is 32.5 Å². The van der Waals surface area contributed by atoms with Crippen LogP contribution in [0.4, 0.5) is 10.1 Å². The zero-order valence-electron chi connectivity index (χ0n) is 15.8. The summed E-state index contributed by atoms with van der Waals surface area (Å²) in [5, 5.41) is 9.78. The number of anilines is 1. The molecular weight excluding hydrogens is 399 g/mol. The summed E-state index contributed by atoms with van der Waals surface area (Å²) in [6, 6.07) is 1.32. The van der Waals surface area contributed by atoms with Gasteiger partial charge in [-0.1, -0.05) is 0 Å². The average molecular weight is 420 g/mol. The molecule has 2 fully saturated rings. The first-order chi connectivity index (χ1) is 13.9. The molecule has 1 atom stereocenters. The lowest BCUT2D eigenvalue weighted by molar-refractivity contribution is 0.210. The Bertz CT molecular complexity index is 1260. The zero-order valence-corrected chi connectivity index (χ0v) is 16.6. The topological polar surface area (TPSA) is 114 Å². The maximum Gasteiger partial charge on any atom is 0.271 e. The summed E-state index contributed by atoms with van der Waals surface area (Å²) in [6.45, 7) is 0.532. The Hall–Kier alpha value is -2.43. The molecule has 3 aromatic rings. The van der Waals surface area contributed by atoms with Gasteiger partial charge in [-0.2, -0.15) is 0 Å². The molecule has 1 aliphatic carbocycles. The highest BCUT2D eigenvalue weighted by Crippen LogP contribution is 2.46. The molecule has 1 aliphatic heterocycles. The van der Waals surface area contributed by atoms with Crippen molar-refractivity contribution in [1.29, 1.82) is 0 Å². The molecule has 154 valence electrons. The number of nitrogens with one attached hydrogen (secondary N) is 1. The van der Waals surface area contributed by atoms with Gasteiger partial charge in [-0.05, 0) is 36.9 Å². The van der Waals surface area contributed by atoms with Gasteiger partial charge in [0, 0.05) is 19.1 Å². The number of nitrogens with zero attached hydrogens (tertiary/aromatic N) is 2. The van der Waals surface area contributed by atoms with Crippen LogP contribution in [0.5, 0.6) is 5.75 Å². The van der Waals surface area contributed by atoms with E-state index in [1.54, 1.807) is 4.90 Å². The summed E-state index contributed by atoms with van der Waals surface area (Å²) < 4.78 is 25.5. The number of pyridine rings is 1. The predicted molar refractivity (Wildman–Crippen MR) is 110 cm³/mol. The number of aromatic amines is 1. The minimum absolute atomic E-state index is 0.0611. The van der Waals surface area contributed by atoms with E-state index in [9.17, 15) is 14.7 Å². The van der Waals surface area contributed by atoms with Crippen molar-refractivity contribution in [2.45, 2.75) is 30.8 Å². The standard InChI is InChI=1S/C19H21FN4O4S/c1-28-16-13-10(6-11(20)14(16)23-5-4-19(21,7-23)8-25)15(26)12-17(27)22-29-18(12)24(13)9-2-3-9/h6,9,25H,2-5,7-8,21H2,1H3,(H,22,27). The molecular formula is C19H21FN4O4S. The molecule has 10 heteroatoms. The number of hydrogen-bond donors (Lipinski definition) is 3. The van der Waals surface area contributed by atoms with Crippen LogP contribution >= 0.6 is 11.5 Å². The van der Waals surface area contributed by atoms with Crippen molar-refractivity contribution in [1.82, 2.24) is 8.94 Å². The van der Waals surface area contributed by atoms with E-state index in [-0.39, 0.29) is 41.4 Å². The van der Waals surface area contributed by atoms with Crippen LogP contribution in [0.1, 0.15) is 25.3 Å². The van der Waals surface area contributed by atoms with Crippen LogP contribution in [-0.2, 0) is 0 Å². The van der Waals surface area contributed by atoms with Crippen molar-refractivity contribution < 1.29 is 14.2 Å². The van der Waals surface area contributed by atoms with Crippen molar-refractivity contribution in [3.63, 3.8) is 0 Å². The van der Waals surface area contributed by atoms with E-state index in [0.717, 1.165) is 24.4 Å². The van der Waals surface area contributed by atoms with E-state index < -0.39 is 22.3 Å². The first-order valence-corrected chi connectivity index (χ1v) is 10.3. The minimum Gasteiger partial charge on any atom is -0.492 e. The van der Waals surface area contributed by atoms with Crippen LogP contribution in [0.25, 0.3) is 21.1 Å². The Kier molecular flexibility index (Phi) is 4.03. The Morgan fingerprint density at radius 2 is 2.21 bits per heavy atom. The van der Waals surface area contributed by atoms with Gasteiger partial charge >= 0.3 is 0 Å². The molecule has 1 saturated carbocycles. The van der Waals surface area contributed by atoms with E-state index >= 15 is 4.39 Å². The largest absolute Gasteiger partial charge is 0.492 e. The molecule has 1 saturated heterocycles. The number of aliphatic hydroxyl groups is 1. The molecule has 2 aliphatic rings. The lowest BCUT2D eigenvalue weighted by Gasteiger charge is -2.26. The van der Waals surface area contributed by atoms with Crippen molar-refractivity contribution >= 4 is 38.3 Å². The summed E-state index contributed by atoms with van der Waals surface area (Å²) in [4.78, 5) is 27.6. The summed E-state index contributed by atoms with van der Waals surface area (Å²) in [6.07, 6.45) is 2.34. The molecule has 29 heavy (non-hydrogen) atoms. The molecule has 4 N–H and O–H groups in total. The van der Waals surface area contributed by atoms with Gasteiger partial charge < -0.3 is 25.0 Å². The summed E-state index contributed by atoms with van der Waals surface area (Å²) in [7, 11) is 1.45. The quantitative estimate of drug-likeness (QED) is 0.586. The third kappa shape index (κ3) is 2.62. The van der Waals surface area contributed by atoms with E-state index in [1.165, 1.54) is 13.2 Å². The van der Waals surface area contributed by atoms with Crippen LogP contribution in [0.15, 0.2) is 15.7 Å². The Labute approximate surface area is 168 Å². The summed E-state index contributed by atoms with van der Waals surface area (Å²) in [5.74, 6) is -0.351. The van der Waals surface area contributed by atoms with Gasteiger partial charge in [-0.3, -0.25) is 14.0 Å². The Balaban J connectivity index is 1.87. The number of hydrogen-bond acceptors (Lipinski definition) is 7. The van der Waals surface area contributed by atoms with Crippen molar-refractivity contribution in [2.75, 3.05) is 31.7 Å². The van der Waals surface area contributed by atoms with Gasteiger partial charge in [0.25, 0.3) is 5.56 Å². The van der Waals surface area contributed by atoms with E-state index in [4.69, 9.17) is 10.5 Å². The molecule has 5 rings (SSSR count). The summed E-state index contributed by atoms with van der Waals surface area (Å²) >= 11 is 1.11. The van der Waals surface area contributed by atoms with Gasteiger partial charge in [0.05, 0.1) is 30.2 Å². The highest BCUT2D eigenvalue weighted by Gasteiger charge is 2.38. The number of aromatic nitrogens is 2. The maximum atomic E-state index is 15.3. The van der Waals surface area contributed by atoms with Crippen LogP contribution < -0.4 is 26.4 Å². The van der Waals surface area contributed by atoms with E-state index in [0.29, 0.717) is 23.3 Å². The summed E-state index contributed by atoms with van der Waals surface area (Å²) in [5.41, 5.74) is 5.15. The number of halogens is 1. The third-order valence-electron chi connectivity index (χ3n) is 5.93. The number of H-pyrrole nitrogens is 1. The molecule has 0 spiro atoms. The van der Waals surface area contributed by atoms with E-state index in [2.05, 4.69) is 4.37 Å². The number of rotatable bonds is 4. The number of ether oxygens (including phenoxy) is 1. The lowest BCUT2D eigenvalue weighted by atomic mass is 10.0. The van der Waals surface area contributed by atoms with Crippen molar-refractivity contribution in [3.8, 4) is 5.75 Å².